The Balaban J connectivity index is 3.09. The zero-order valence-electron chi connectivity index (χ0n) is 7.42. The summed E-state index contributed by atoms with van der Waals surface area (Å²) >= 11 is 0. The van der Waals surface area contributed by atoms with E-state index in [2.05, 4.69) is 29.0 Å². The number of hydrogen-bond acceptors (Lipinski definition) is 3. The molecule has 11 heavy (non-hydrogen) atoms. The van der Waals surface area contributed by atoms with Gasteiger partial charge in [0.2, 0.25) is 0 Å². The van der Waals surface area contributed by atoms with Crippen LogP contribution in [0.1, 0.15) is 37.0 Å². The third-order valence-electron chi connectivity index (χ3n) is 1.55. The lowest BCUT2D eigenvalue weighted by Gasteiger charge is -2.05. The minimum absolute atomic E-state index is 0.413. The summed E-state index contributed by atoms with van der Waals surface area (Å²) in [4.78, 5) is 4.22. The third kappa shape index (κ3) is 1.73. The Morgan fingerprint density at radius 1 is 1.09 bits per heavy atom. The summed E-state index contributed by atoms with van der Waals surface area (Å²) < 4.78 is 0. The van der Waals surface area contributed by atoms with Crippen molar-refractivity contribution in [3.63, 3.8) is 0 Å². The molecule has 0 aliphatic carbocycles. The van der Waals surface area contributed by atoms with Crippen molar-refractivity contribution < 1.29 is 0 Å². The summed E-state index contributed by atoms with van der Waals surface area (Å²) in [7, 11) is 0. The van der Waals surface area contributed by atoms with Gasteiger partial charge in [0.25, 0.3) is 0 Å². The summed E-state index contributed by atoms with van der Waals surface area (Å²) in [5, 5.41) is 7.96. The molecule has 0 aliphatic rings. The molecule has 0 aliphatic heterocycles. The minimum atomic E-state index is 0.413. The molecule has 60 valence electrons. The van der Waals surface area contributed by atoms with Crippen molar-refractivity contribution in [2.75, 3.05) is 0 Å². The fraction of sp³-hybridized carbons (Fsp3) is 0.625. The first-order chi connectivity index (χ1) is 5.11. The van der Waals surface area contributed by atoms with E-state index in [4.69, 9.17) is 0 Å². The number of aryl methyl sites for hydroxylation is 2. The van der Waals surface area contributed by atoms with Crippen molar-refractivity contribution in [2.24, 2.45) is 0 Å². The second-order valence-corrected chi connectivity index (χ2v) is 2.98. The summed E-state index contributed by atoms with van der Waals surface area (Å²) in [6, 6.07) is 0. The summed E-state index contributed by atoms with van der Waals surface area (Å²) in [6.45, 7) is 8.00. The Kier molecular flexibility index (Phi) is 2.17. The van der Waals surface area contributed by atoms with Gasteiger partial charge in [-0.25, -0.2) is 4.98 Å². The standard InChI is InChI=1S/C8H13N3/c1-5(2)8-6(3)9-7(4)10-11-8/h5H,1-4H3. The lowest BCUT2D eigenvalue weighted by Crippen LogP contribution is -2.03. The number of nitrogens with zero attached hydrogens (tertiary/aromatic N) is 3. The first-order valence-electron chi connectivity index (χ1n) is 3.79. The molecule has 3 nitrogen and oxygen atoms in total. The molecule has 1 heterocycles. The molecule has 0 atom stereocenters. The van der Waals surface area contributed by atoms with Crippen LogP contribution in [-0.2, 0) is 0 Å². The van der Waals surface area contributed by atoms with Crippen molar-refractivity contribution in [1.82, 2.24) is 15.2 Å². The van der Waals surface area contributed by atoms with E-state index >= 15 is 0 Å². The average Bonchev–Trinajstić information content (AvgIpc) is 1.85. The fourth-order valence-electron chi connectivity index (χ4n) is 1.05. The van der Waals surface area contributed by atoms with Gasteiger partial charge in [0.05, 0.1) is 11.4 Å². The quantitative estimate of drug-likeness (QED) is 0.612. The van der Waals surface area contributed by atoms with E-state index in [0.29, 0.717) is 5.92 Å². The molecular weight excluding hydrogens is 138 g/mol. The first-order valence-corrected chi connectivity index (χ1v) is 3.79. The predicted octanol–water partition coefficient (Wildman–Crippen LogP) is 1.61. The van der Waals surface area contributed by atoms with Gasteiger partial charge in [-0.1, -0.05) is 13.8 Å². The zero-order chi connectivity index (χ0) is 8.43. The van der Waals surface area contributed by atoms with Crippen LogP contribution >= 0.6 is 0 Å². The lowest BCUT2D eigenvalue weighted by molar-refractivity contribution is 0.735. The van der Waals surface area contributed by atoms with Gasteiger partial charge in [0, 0.05) is 0 Å². The molecular formula is C8H13N3. The van der Waals surface area contributed by atoms with E-state index in [-0.39, 0.29) is 0 Å². The maximum absolute atomic E-state index is 4.22. The highest BCUT2D eigenvalue weighted by Crippen LogP contribution is 2.12. The summed E-state index contributed by atoms with van der Waals surface area (Å²) in [5.41, 5.74) is 1.99. The minimum Gasteiger partial charge on any atom is -0.235 e. The predicted molar refractivity (Wildman–Crippen MR) is 43.4 cm³/mol. The molecule has 0 bridgehead atoms. The van der Waals surface area contributed by atoms with Gasteiger partial charge in [-0.15, -0.1) is 5.10 Å². The van der Waals surface area contributed by atoms with Gasteiger partial charge in [0.1, 0.15) is 5.82 Å². The number of aromatic nitrogens is 3. The van der Waals surface area contributed by atoms with Gasteiger partial charge >= 0.3 is 0 Å². The highest BCUT2D eigenvalue weighted by atomic mass is 15.2. The van der Waals surface area contributed by atoms with Gasteiger partial charge < -0.3 is 0 Å². The first kappa shape index (κ1) is 8.11. The van der Waals surface area contributed by atoms with Gasteiger partial charge in [-0.3, -0.25) is 0 Å². The Morgan fingerprint density at radius 2 is 1.73 bits per heavy atom. The molecule has 3 heteroatoms. The molecule has 0 amide bonds. The topological polar surface area (TPSA) is 38.7 Å². The van der Waals surface area contributed by atoms with Crippen LogP contribution in [0, 0.1) is 13.8 Å². The second-order valence-electron chi connectivity index (χ2n) is 2.98. The largest absolute Gasteiger partial charge is 0.235 e. The number of hydrogen-bond donors (Lipinski definition) is 0. The molecule has 0 spiro atoms. The van der Waals surface area contributed by atoms with Crippen LogP contribution in [0.4, 0.5) is 0 Å². The van der Waals surface area contributed by atoms with Crippen LogP contribution in [0.5, 0.6) is 0 Å². The van der Waals surface area contributed by atoms with Crippen LogP contribution in [0.3, 0.4) is 0 Å². The molecule has 1 rings (SSSR count). The Hall–Kier alpha value is -0.990. The smallest absolute Gasteiger partial charge is 0.148 e. The summed E-state index contributed by atoms with van der Waals surface area (Å²) in [5.74, 6) is 1.16. The highest BCUT2D eigenvalue weighted by molar-refractivity contribution is 5.11. The molecule has 1 aromatic rings. The third-order valence-corrected chi connectivity index (χ3v) is 1.55. The SMILES string of the molecule is Cc1nnc(C(C)C)c(C)n1. The monoisotopic (exact) mass is 151 g/mol. The van der Waals surface area contributed by atoms with Crippen LogP contribution in [0.2, 0.25) is 0 Å². The van der Waals surface area contributed by atoms with E-state index < -0.39 is 0 Å². The molecule has 0 saturated heterocycles. The molecule has 0 saturated carbocycles. The Bertz CT molecular complexity index is 256. The molecule has 0 fully saturated rings. The summed E-state index contributed by atoms with van der Waals surface area (Å²) in [6.07, 6.45) is 0. The van der Waals surface area contributed by atoms with Crippen molar-refractivity contribution >= 4 is 0 Å². The van der Waals surface area contributed by atoms with Crippen LogP contribution < -0.4 is 0 Å². The number of rotatable bonds is 1. The van der Waals surface area contributed by atoms with E-state index in [1.54, 1.807) is 0 Å². The van der Waals surface area contributed by atoms with Gasteiger partial charge in [0.15, 0.2) is 0 Å². The lowest BCUT2D eigenvalue weighted by atomic mass is 10.1. The second kappa shape index (κ2) is 2.95. The maximum atomic E-state index is 4.22. The van der Waals surface area contributed by atoms with E-state index in [0.717, 1.165) is 17.2 Å². The molecule has 1 aromatic heterocycles. The van der Waals surface area contributed by atoms with Crippen LogP contribution in [0.15, 0.2) is 0 Å². The van der Waals surface area contributed by atoms with Crippen molar-refractivity contribution in [3.8, 4) is 0 Å². The van der Waals surface area contributed by atoms with Gasteiger partial charge in [-0.2, -0.15) is 5.10 Å². The molecule has 0 N–H and O–H groups in total. The van der Waals surface area contributed by atoms with E-state index in [9.17, 15) is 0 Å². The molecule has 0 unspecified atom stereocenters. The maximum Gasteiger partial charge on any atom is 0.148 e. The van der Waals surface area contributed by atoms with Crippen molar-refractivity contribution in [1.29, 1.82) is 0 Å². The normalized spacial score (nSPS) is 10.6. The Morgan fingerprint density at radius 3 is 2.18 bits per heavy atom. The van der Waals surface area contributed by atoms with E-state index in [1.807, 2.05) is 13.8 Å². The highest BCUT2D eigenvalue weighted by Gasteiger charge is 2.06. The zero-order valence-corrected chi connectivity index (χ0v) is 7.42. The fourth-order valence-corrected chi connectivity index (χ4v) is 1.05. The van der Waals surface area contributed by atoms with Crippen LogP contribution in [0.25, 0.3) is 0 Å². The van der Waals surface area contributed by atoms with E-state index in [1.165, 1.54) is 0 Å². The molecule has 0 aromatic carbocycles. The molecule has 0 radical (unpaired) electrons. The van der Waals surface area contributed by atoms with Crippen LogP contribution in [-0.4, -0.2) is 15.2 Å². The van der Waals surface area contributed by atoms with Crippen molar-refractivity contribution in [3.05, 3.63) is 17.2 Å². The average molecular weight is 151 g/mol. The Labute approximate surface area is 66.9 Å². The van der Waals surface area contributed by atoms with Gasteiger partial charge in [-0.05, 0) is 19.8 Å². The van der Waals surface area contributed by atoms with Crippen molar-refractivity contribution in [2.45, 2.75) is 33.6 Å².